The lowest BCUT2D eigenvalue weighted by atomic mass is 10.0. The first kappa shape index (κ1) is 26.6. The molecule has 8 heteroatoms. The van der Waals surface area contributed by atoms with Crippen molar-refractivity contribution < 1.29 is 33.7 Å². The van der Waals surface area contributed by atoms with Crippen molar-refractivity contribution in [2.75, 3.05) is 20.3 Å². The molecule has 1 aromatic rings. The number of benzene rings is 1. The second-order valence-electron chi connectivity index (χ2n) is 8.74. The number of allylic oxidation sites excluding steroid dienone is 2. The molecule has 0 bridgehead atoms. The Morgan fingerprint density at radius 1 is 1.09 bits per heavy atom. The minimum absolute atomic E-state index is 0.0387. The highest BCUT2D eigenvalue weighted by Gasteiger charge is 2.46. The molecule has 2 amide bonds. The van der Waals surface area contributed by atoms with Crippen LogP contribution in [0.25, 0.3) is 0 Å². The van der Waals surface area contributed by atoms with Gasteiger partial charge in [0.2, 0.25) is 0 Å². The lowest BCUT2D eigenvalue weighted by molar-refractivity contribution is -0.153. The second-order valence-corrected chi connectivity index (χ2v) is 8.74. The monoisotopic (exact) mass is 485 g/mol. The molecule has 35 heavy (non-hydrogen) atoms. The van der Waals surface area contributed by atoms with E-state index in [0.717, 1.165) is 61.8 Å². The van der Waals surface area contributed by atoms with Gasteiger partial charge in [-0.2, -0.15) is 0 Å². The number of aliphatic hydroxyl groups is 1. The minimum atomic E-state index is -1.29. The van der Waals surface area contributed by atoms with E-state index in [1.54, 1.807) is 6.08 Å². The van der Waals surface area contributed by atoms with Crippen molar-refractivity contribution in [3.8, 4) is 0 Å². The summed E-state index contributed by atoms with van der Waals surface area (Å²) in [7, 11) is 1.32. The Bertz CT molecular complexity index is 911. The molecule has 1 saturated heterocycles. The number of imide groups is 1. The summed E-state index contributed by atoms with van der Waals surface area (Å²) in [4.78, 5) is 39.4. The number of amides is 2. The van der Waals surface area contributed by atoms with Crippen molar-refractivity contribution in [3.05, 3.63) is 59.9 Å². The van der Waals surface area contributed by atoms with E-state index in [2.05, 4.69) is 0 Å². The number of carbonyl (C=O) groups excluding carboxylic acids is 3. The molecule has 3 rings (SSSR count). The smallest absolute Gasteiger partial charge is 0.417 e. The molecule has 2 aliphatic heterocycles. The molecule has 1 aromatic carbocycles. The zero-order valence-electron chi connectivity index (χ0n) is 20.3. The quantitative estimate of drug-likeness (QED) is 0.417. The summed E-state index contributed by atoms with van der Waals surface area (Å²) in [6.07, 6.45) is 9.90. The van der Waals surface area contributed by atoms with Gasteiger partial charge in [-0.15, -0.1) is 0 Å². The zero-order chi connectivity index (χ0) is 25.0. The van der Waals surface area contributed by atoms with Crippen LogP contribution in [0.3, 0.4) is 0 Å². The summed E-state index contributed by atoms with van der Waals surface area (Å²) in [5.41, 5.74) is 0.756. The van der Waals surface area contributed by atoms with E-state index in [1.165, 1.54) is 13.2 Å². The Kier molecular flexibility index (Phi) is 10.5. The lowest BCUT2D eigenvalue weighted by Gasteiger charge is -2.30. The number of methoxy groups -OCH3 is 1. The molecule has 0 aliphatic carbocycles. The van der Waals surface area contributed by atoms with E-state index in [0.29, 0.717) is 5.76 Å². The average Bonchev–Trinajstić information content (AvgIpc) is 3.26. The predicted molar refractivity (Wildman–Crippen MR) is 129 cm³/mol. The molecule has 2 aliphatic rings. The molecule has 3 atom stereocenters. The molecule has 0 radical (unpaired) electrons. The summed E-state index contributed by atoms with van der Waals surface area (Å²) in [6, 6.07) is 8.52. The van der Waals surface area contributed by atoms with Crippen molar-refractivity contribution in [1.29, 1.82) is 0 Å². The van der Waals surface area contributed by atoms with E-state index in [4.69, 9.17) is 19.3 Å². The number of hydrogen-bond acceptors (Lipinski definition) is 7. The van der Waals surface area contributed by atoms with Gasteiger partial charge < -0.3 is 19.3 Å². The Morgan fingerprint density at radius 2 is 1.77 bits per heavy atom. The average molecular weight is 486 g/mol. The third-order valence-corrected chi connectivity index (χ3v) is 6.23. The van der Waals surface area contributed by atoms with Crippen molar-refractivity contribution in [2.24, 2.45) is 0 Å². The summed E-state index contributed by atoms with van der Waals surface area (Å²) < 4.78 is 16.4. The van der Waals surface area contributed by atoms with Crippen LogP contribution in [0, 0.1) is 0 Å². The summed E-state index contributed by atoms with van der Waals surface area (Å²) >= 11 is 0. The maximum Gasteiger partial charge on any atom is 0.417 e. The zero-order valence-corrected chi connectivity index (χ0v) is 20.3. The topological polar surface area (TPSA) is 102 Å². The predicted octanol–water partition coefficient (Wildman–Crippen LogP) is 4.24. The molecular weight excluding hydrogens is 450 g/mol. The minimum Gasteiger partial charge on any atom is -0.479 e. The van der Waals surface area contributed by atoms with E-state index < -0.39 is 36.0 Å². The first-order chi connectivity index (χ1) is 17.1. The van der Waals surface area contributed by atoms with Gasteiger partial charge in [-0.3, -0.25) is 9.59 Å². The molecule has 1 N–H and O–H groups in total. The van der Waals surface area contributed by atoms with Gasteiger partial charge in [-0.05, 0) is 43.1 Å². The summed E-state index contributed by atoms with van der Waals surface area (Å²) in [5, 5.41) is 8.81. The Labute approximate surface area is 206 Å². The van der Waals surface area contributed by atoms with Crippen LogP contribution in [0.15, 0.2) is 54.3 Å². The van der Waals surface area contributed by atoms with Gasteiger partial charge >= 0.3 is 6.09 Å². The molecule has 8 nitrogen and oxygen atoms in total. The highest BCUT2D eigenvalue weighted by molar-refractivity contribution is 6.03. The number of cyclic esters (lactones) is 1. The van der Waals surface area contributed by atoms with Gasteiger partial charge in [0.25, 0.3) is 5.91 Å². The molecule has 0 spiro atoms. The molecule has 190 valence electrons. The van der Waals surface area contributed by atoms with Crippen LogP contribution in [0.2, 0.25) is 0 Å². The molecule has 2 heterocycles. The Hall–Kier alpha value is -2.97. The van der Waals surface area contributed by atoms with E-state index in [1.807, 2.05) is 36.4 Å². The van der Waals surface area contributed by atoms with Crippen LogP contribution >= 0.6 is 0 Å². The van der Waals surface area contributed by atoms with Crippen molar-refractivity contribution in [3.63, 3.8) is 0 Å². The number of unbranched alkanes of at least 4 members (excludes halogenated alkanes) is 7. The first-order valence-corrected chi connectivity index (χ1v) is 12.3. The van der Waals surface area contributed by atoms with Gasteiger partial charge in [0.1, 0.15) is 18.4 Å². The number of ketones is 1. The van der Waals surface area contributed by atoms with Crippen LogP contribution in [-0.4, -0.2) is 60.3 Å². The number of ether oxygens (including phenoxy) is 3. The van der Waals surface area contributed by atoms with Crippen LogP contribution in [0.4, 0.5) is 4.79 Å². The fraction of sp³-hybridized carbons (Fsp3) is 0.519. The van der Waals surface area contributed by atoms with E-state index in [-0.39, 0.29) is 13.2 Å². The molecule has 1 fully saturated rings. The number of hydrogen-bond donors (Lipinski definition) is 1. The largest absolute Gasteiger partial charge is 0.479 e. The van der Waals surface area contributed by atoms with Crippen LogP contribution in [-0.2, 0) is 23.8 Å². The number of rotatable bonds is 13. The first-order valence-electron chi connectivity index (χ1n) is 12.3. The molecule has 3 unspecified atom stereocenters. The SMILES string of the molecule is COC(C(=O)N1C(=O)OCC1c1ccccc1)C1OC(=CCCCCCCCCCO)C=CC1=O. The number of carbonyl (C=O) groups is 3. The maximum atomic E-state index is 13.4. The normalized spacial score (nSPS) is 21.8. The Balaban J connectivity index is 1.58. The lowest BCUT2D eigenvalue weighted by Crippen LogP contribution is -2.51. The van der Waals surface area contributed by atoms with Gasteiger partial charge in [0.05, 0.1) is 0 Å². The summed E-state index contributed by atoms with van der Waals surface area (Å²) in [5.74, 6) is -0.553. The van der Waals surface area contributed by atoms with Crippen LogP contribution in [0.5, 0.6) is 0 Å². The Morgan fingerprint density at radius 3 is 2.46 bits per heavy atom. The molecular formula is C27H35NO7. The standard InChI is InChI=1S/C27H35NO7/c1-33-25(26(31)28-22(19-34-27(28)32)20-13-9-8-10-14-20)24-23(30)17-16-21(35-24)15-11-6-4-2-3-5-7-12-18-29/h8-10,13-17,22,24-25,29H,2-7,11-12,18-19H2,1H3. The van der Waals surface area contributed by atoms with Crippen LogP contribution < -0.4 is 0 Å². The van der Waals surface area contributed by atoms with Crippen molar-refractivity contribution in [1.82, 2.24) is 4.90 Å². The third kappa shape index (κ3) is 7.26. The highest BCUT2D eigenvalue weighted by Crippen LogP contribution is 2.30. The highest BCUT2D eigenvalue weighted by atomic mass is 16.6. The van der Waals surface area contributed by atoms with Crippen molar-refractivity contribution >= 4 is 17.8 Å². The third-order valence-electron chi connectivity index (χ3n) is 6.23. The van der Waals surface area contributed by atoms with Gasteiger partial charge in [-0.1, -0.05) is 62.4 Å². The second kappa shape index (κ2) is 13.8. The molecule has 0 aromatic heterocycles. The van der Waals surface area contributed by atoms with Crippen LogP contribution in [0.1, 0.15) is 63.0 Å². The number of nitrogens with zero attached hydrogens (tertiary/aromatic N) is 1. The van der Waals surface area contributed by atoms with Crippen molar-refractivity contribution in [2.45, 2.75) is 69.6 Å². The van der Waals surface area contributed by atoms with Gasteiger partial charge in [0, 0.05) is 13.7 Å². The van der Waals surface area contributed by atoms with Gasteiger partial charge in [-0.25, -0.2) is 9.69 Å². The van der Waals surface area contributed by atoms with E-state index >= 15 is 0 Å². The molecule has 0 saturated carbocycles. The maximum absolute atomic E-state index is 13.4. The fourth-order valence-electron chi connectivity index (χ4n) is 4.29. The van der Waals surface area contributed by atoms with E-state index in [9.17, 15) is 14.4 Å². The van der Waals surface area contributed by atoms with Gasteiger partial charge in [0.15, 0.2) is 18.0 Å². The fourth-order valence-corrected chi connectivity index (χ4v) is 4.29. The number of aliphatic hydroxyl groups excluding tert-OH is 1. The summed E-state index contributed by atoms with van der Waals surface area (Å²) in [6.45, 7) is 0.298.